The Morgan fingerprint density at radius 3 is 1.25 bits per heavy atom. The Morgan fingerprint density at radius 2 is 1.00 bits per heavy atom. The quantitative estimate of drug-likeness (QED) is 0.412. The van der Waals surface area contributed by atoms with Crippen LogP contribution in [0.2, 0.25) is 0 Å². The molecule has 0 aromatic heterocycles. The number of ketones is 1. The maximum absolute atomic E-state index is 11.0. The molecule has 0 aliphatic heterocycles. The molecule has 9 nitrogen and oxygen atoms in total. The van der Waals surface area contributed by atoms with Gasteiger partial charge in [0.2, 0.25) is 0 Å². The maximum atomic E-state index is 11.0. The smallest absolute Gasteiger partial charge is 0.317 e. The molecule has 3 N–H and O–H groups in total. The van der Waals surface area contributed by atoms with E-state index in [4.69, 9.17) is 15.3 Å². The Kier molecular flexibility index (Phi) is 8.09. The summed E-state index contributed by atoms with van der Waals surface area (Å²) in [4.78, 5) is 45.3. The summed E-state index contributed by atoms with van der Waals surface area (Å²) in [5.41, 5.74) is 0. The standard InChI is InChI=1S/C11H18N2O7/c1-8(14)4-12(5-9(15)16)2-3-13(6-10(17)18)7-11(19)20/h2-7H2,1H3,(H,15,16)(H,17,18)(H,19,20). The number of hydrogen-bond acceptors (Lipinski definition) is 6. The van der Waals surface area contributed by atoms with E-state index in [1.54, 1.807) is 0 Å². The summed E-state index contributed by atoms with van der Waals surface area (Å²) >= 11 is 0. The summed E-state index contributed by atoms with van der Waals surface area (Å²) in [6.07, 6.45) is 0. The molecule has 0 aromatic rings. The SMILES string of the molecule is CC(=O)CN(CCN(CC(=O)O)CC(=O)O)CC(=O)O. The zero-order valence-electron chi connectivity index (χ0n) is 11.1. The van der Waals surface area contributed by atoms with Crippen LogP contribution in [-0.2, 0) is 19.2 Å². The molecule has 0 atom stereocenters. The maximum Gasteiger partial charge on any atom is 0.317 e. The third kappa shape index (κ3) is 9.97. The molecule has 0 saturated carbocycles. The van der Waals surface area contributed by atoms with E-state index in [0.29, 0.717) is 0 Å². The fourth-order valence-corrected chi connectivity index (χ4v) is 1.60. The first kappa shape index (κ1) is 18.0. The molecule has 114 valence electrons. The molecule has 0 bridgehead atoms. The molecule has 0 spiro atoms. The molecule has 0 aromatic carbocycles. The Labute approximate surface area is 115 Å². The number of aliphatic carboxylic acids is 3. The van der Waals surface area contributed by atoms with Crippen molar-refractivity contribution in [3.8, 4) is 0 Å². The minimum absolute atomic E-state index is 0.0408. The lowest BCUT2D eigenvalue weighted by molar-refractivity contribution is -0.143. The van der Waals surface area contributed by atoms with Crippen LogP contribution in [0.5, 0.6) is 0 Å². The van der Waals surface area contributed by atoms with Crippen molar-refractivity contribution in [2.24, 2.45) is 0 Å². The third-order valence-corrected chi connectivity index (χ3v) is 2.26. The molecular formula is C11H18N2O7. The highest BCUT2D eigenvalue weighted by atomic mass is 16.4. The second-order valence-electron chi connectivity index (χ2n) is 4.30. The second-order valence-corrected chi connectivity index (χ2v) is 4.30. The van der Waals surface area contributed by atoms with Crippen LogP contribution in [-0.4, -0.2) is 88.1 Å². The van der Waals surface area contributed by atoms with E-state index in [9.17, 15) is 19.2 Å². The van der Waals surface area contributed by atoms with E-state index in [1.165, 1.54) is 11.8 Å². The predicted molar refractivity (Wildman–Crippen MR) is 66.5 cm³/mol. The highest BCUT2D eigenvalue weighted by molar-refractivity contribution is 5.78. The van der Waals surface area contributed by atoms with E-state index in [1.807, 2.05) is 0 Å². The van der Waals surface area contributed by atoms with Crippen molar-refractivity contribution in [1.82, 2.24) is 9.80 Å². The average Bonchev–Trinajstić information content (AvgIpc) is 2.22. The number of hydrogen-bond donors (Lipinski definition) is 3. The van der Waals surface area contributed by atoms with Crippen LogP contribution in [0.1, 0.15) is 6.92 Å². The van der Waals surface area contributed by atoms with Gasteiger partial charge in [-0.25, -0.2) is 0 Å². The number of carbonyl (C=O) groups excluding carboxylic acids is 1. The Morgan fingerprint density at radius 1 is 0.700 bits per heavy atom. The molecule has 0 heterocycles. The molecule has 0 rings (SSSR count). The molecule has 0 saturated heterocycles. The molecule has 0 aliphatic carbocycles. The predicted octanol–water partition coefficient (Wildman–Crippen LogP) is -1.57. The Hall–Kier alpha value is -2.00. The van der Waals surface area contributed by atoms with Crippen molar-refractivity contribution in [1.29, 1.82) is 0 Å². The lowest BCUT2D eigenvalue weighted by atomic mass is 10.3. The van der Waals surface area contributed by atoms with Gasteiger partial charge in [-0.15, -0.1) is 0 Å². The van der Waals surface area contributed by atoms with Gasteiger partial charge < -0.3 is 15.3 Å². The molecule has 0 fully saturated rings. The van der Waals surface area contributed by atoms with Gasteiger partial charge in [-0.3, -0.25) is 29.0 Å². The van der Waals surface area contributed by atoms with Gasteiger partial charge in [-0.05, 0) is 6.92 Å². The van der Waals surface area contributed by atoms with Gasteiger partial charge in [-0.2, -0.15) is 0 Å². The molecule has 9 heteroatoms. The molecule has 0 radical (unpaired) electrons. The van der Waals surface area contributed by atoms with Crippen molar-refractivity contribution in [3.63, 3.8) is 0 Å². The van der Waals surface area contributed by atoms with Gasteiger partial charge in [-0.1, -0.05) is 0 Å². The van der Waals surface area contributed by atoms with Gasteiger partial charge in [0.1, 0.15) is 5.78 Å². The number of Topliss-reactive ketones (excluding diaryl/α,β-unsaturated/α-hetero) is 1. The summed E-state index contributed by atoms with van der Waals surface area (Å²) in [7, 11) is 0. The van der Waals surface area contributed by atoms with Crippen molar-refractivity contribution < 1.29 is 34.5 Å². The lowest BCUT2D eigenvalue weighted by Gasteiger charge is -2.23. The van der Waals surface area contributed by atoms with Crippen LogP contribution in [0.15, 0.2) is 0 Å². The molecular weight excluding hydrogens is 272 g/mol. The monoisotopic (exact) mass is 290 g/mol. The van der Waals surface area contributed by atoms with Gasteiger partial charge in [0.15, 0.2) is 0 Å². The summed E-state index contributed by atoms with van der Waals surface area (Å²) in [6.45, 7) is 0.0567. The normalized spacial score (nSPS) is 10.8. The number of carbonyl (C=O) groups is 4. The topological polar surface area (TPSA) is 135 Å². The molecule has 0 aliphatic rings. The van der Waals surface area contributed by atoms with E-state index >= 15 is 0 Å². The Bertz CT molecular complexity index is 315. The van der Waals surface area contributed by atoms with Crippen molar-refractivity contribution >= 4 is 23.7 Å². The number of carboxylic acid groups (broad SMARTS) is 3. The summed E-state index contributed by atoms with van der Waals surface area (Å²) in [5, 5.41) is 26.0. The largest absolute Gasteiger partial charge is 0.480 e. The van der Waals surface area contributed by atoms with Crippen LogP contribution in [0.25, 0.3) is 0 Å². The number of rotatable bonds is 11. The summed E-state index contributed by atoms with van der Waals surface area (Å²) in [5.74, 6) is -3.70. The minimum atomic E-state index is -1.18. The van der Waals surface area contributed by atoms with Crippen LogP contribution in [0.4, 0.5) is 0 Å². The van der Waals surface area contributed by atoms with Crippen LogP contribution >= 0.6 is 0 Å². The molecule has 20 heavy (non-hydrogen) atoms. The second kappa shape index (κ2) is 8.99. The first-order chi connectivity index (χ1) is 9.20. The van der Waals surface area contributed by atoms with Gasteiger partial charge >= 0.3 is 17.9 Å². The average molecular weight is 290 g/mol. The number of carboxylic acids is 3. The zero-order valence-corrected chi connectivity index (χ0v) is 11.1. The first-order valence-electron chi connectivity index (χ1n) is 5.80. The van der Waals surface area contributed by atoms with Gasteiger partial charge in [0, 0.05) is 13.1 Å². The first-order valence-corrected chi connectivity index (χ1v) is 5.80. The summed E-state index contributed by atoms with van der Waals surface area (Å²) < 4.78 is 0. The van der Waals surface area contributed by atoms with Gasteiger partial charge in [0.05, 0.1) is 26.2 Å². The van der Waals surface area contributed by atoms with Crippen LogP contribution in [0.3, 0.4) is 0 Å². The molecule has 0 amide bonds. The fraction of sp³-hybridized carbons (Fsp3) is 0.636. The van der Waals surface area contributed by atoms with Crippen LogP contribution < -0.4 is 0 Å². The van der Waals surface area contributed by atoms with Crippen molar-refractivity contribution in [3.05, 3.63) is 0 Å². The minimum Gasteiger partial charge on any atom is -0.480 e. The van der Waals surface area contributed by atoms with E-state index in [2.05, 4.69) is 0 Å². The fourth-order valence-electron chi connectivity index (χ4n) is 1.60. The van der Waals surface area contributed by atoms with Crippen molar-refractivity contribution in [2.75, 3.05) is 39.3 Å². The van der Waals surface area contributed by atoms with E-state index in [0.717, 1.165) is 4.90 Å². The van der Waals surface area contributed by atoms with E-state index < -0.39 is 31.0 Å². The highest BCUT2D eigenvalue weighted by Gasteiger charge is 2.17. The van der Waals surface area contributed by atoms with Crippen LogP contribution in [0, 0.1) is 0 Å². The third-order valence-electron chi connectivity index (χ3n) is 2.26. The van der Waals surface area contributed by atoms with Gasteiger partial charge in [0.25, 0.3) is 0 Å². The zero-order chi connectivity index (χ0) is 15.7. The van der Waals surface area contributed by atoms with Crippen molar-refractivity contribution in [2.45, 2.75) is 6.92 Å². The highest BCUT2D eigenvalue weighted by Crippen LogP contribution is 1.94. The number of nitrogens with zero attached hydrogens (tertiary/aromatic N) is 2. The molecule has 0 unspecified atom stereocenters. The van der Waals surface area contributed by atoms with E-state index in [-0.39, 0.29) is 32.0 Å². The summed E-state index contributed by atoms with van der Waals surface area (Å²) in [6, 6.07) is 0. The lowest BCUT2D eigenvalue weighted by Crippen LogP contribution is -2.43. The Balaban J connectivity index is 4.49.